The van der Waals surface area contributed by atoms with E-state index in [0.29, 0.717) is 18.8 Å². The summed E-state index contributed by atoms with van der Waals surface area (Å²) in [4.78, 5) is 22.3. The Kier molecular flexibility index (Phi) is 3.53. The molecule has 0 unspecified atom stereocenters. The molecule has 0 aliphatic carbocycles. The van der Waals surface area contributed by atoms with E-state index >= 15 is 0 Å². The van der Waals surface area contributed by atoms with E-state index in [2.05, 4.69) is 20.3 Å². The highest BCUT2D eigenvalue weighted by molar-refractivity contribution is 5.92. The Morgan fingerprint density at radius 1 is 1.12 bits per heavy atom. The molecule has 3 heterocycles. The van der Waals surface area contributed by atoms with Crippen molar-refractivity contribution in [3.8, 4) is 11.3 Å². The Morgan fingerprint density at radius 2 is 1.92 bits per heavy atom. The van der Waals surface area contributed by atoms with Crippen LogP contribution in [0.25, 0.3) is 11.3 Å². The number of aryl methyl sites for hydroxylation is 1. The minimum Gasteiger partial charge on any atom is -0.333 e. The highest BCUT2D eigenvalue weighted by atomic mass is 16.2. The van der Waals surface area contributed by atoms with Gasteiger partial charge >= 0.3 is 0 Å². The summed E-state index contributed by atoms with van der Waals surface area (Å²) in [6.07, 6.45) is 5.05. The van der Waals surface area contributed by atoms with Gasteiger partial charge in [-0.15, -0.1) is 5.10 Å². The second-order valence-corrected chi connectivity index (χ2v) is 5.86. The standard InChI is InChI=1S/C17H16N6O/c1-12-7-19-15(8-18-12)17(24)22-9-14(10-22)23-11-16(20-21-23)13-5-3-2-4-6-13/h2-8,11,14H,9-10H2,1H3. The molecule has 7 heteroatoms. The third kappa shape index (κ3) is 2.64. The third-order valence-corrected chi connectivity index (χ3v) is 4.10. The molecule has 1 aromatic carbocycles. The Hall–Kier alpha value is -3.09. The molecule has 1 saturated heterocycles. The summed E-state index contributed by atoms with van der Waals surface area (Å²) in [7, 11) is 0. The van der Waals surface area contributed by atoms with Crippen LogP contribution in [0.1, 0.15) is 22.2 Å². The molecule has 0 atom stereocenters. The molecule has 1 aliphatic heterocycles. The zero-order valence-corrected chi connectivity index (χ0v) is 13.2. The summed E-state index contributed by atoms with van der Waals surface area (Å²) in [6.45, 7) is 3.05. The predicted octanol–water partition coefficient (Wildman–Crippen LogP) is 1.74. The van der Waals surface area contributed by atoms with Crippen LogP contribution in [0.4, 0.5) is 0 Å². The second-order valence-electron chi connectivity index (χ2n) is 5.86. The number of amides is 1. The first kappa shape index (κ1) is 14.5. The van der Waals surface area contributed by atoms with Gasteiger partial charge in [-0.05, 0) is 6.92 Å². The summed E-state index contributed by atoms with van der Waals surface area (Å²) >= 11 is 0. The Balaban J connectivity index is 1.42. The van der Waals surface area contributed by atoms with Gasteiger partial charge in [0.05, 0.1) is 24.1 Å². The Morgan fingerprint density at radius 3 is 2.62 bits per heavy atom. The first-order valence-corrected chi connectivity index (χ1v) is 7.76. The van der Waals surface area contributed by atoms with E-state index in [-0.39, 0.29) is 11.9 Å². The minimum absolute atomic E-state index is 0.0952. The lowest BCUT2D eigenvalue weighted by Gasteiger charge is -2.38. The molecular weight excluding hydrogens is 304 g/mol. The van der Waals surface area contributed by atoms with Gasteiger partial charge < -0.3 is 4.90 Å². The maximum Gasteiger partial charge on any atom is 0.274 e. The zero-order valence-electron chi connectivity index (χ0n) is 13.2. The molecule has 2 aromatic heterocycles. The van der Waals surface area contributed by atoms with Crippen LogP contribution >= 0.6 is 0 Å². The Labute approximate surface area is 139 Å². The van der Waals surface area contributed by atoms with Gasteiger partial charge in [-0.25, -0.2) is 9.67 Å². The van der Waals surface area contributed by atoms with Crippen molar-refractivity contribution >= 4 is 5.91 Å². The lowest BCUT2D eigenvalue weighted by atomic mass is 10.1. The predicted molar refractivity (Wildman–Crippen MR) is 87.2 cm³/mol. The smallest absolute Gasteiger partial charge is 0.274 e. The normalized spacial score (nSPS) is 14.5. The monoisotopic (exact) mass is 320 g/mol. The van der Waals surface area contributed by atoms with E-state index in [4.69, 9.17) is 0 Å². The second kappa shape index (κ2) is 5.84. The van der Waals surface area contributed by atoms with Crippen LogP contribution in [0.15, 0.2) is 48.9 Å². The van der Waals surface area contributed by atoms with Crippen LogP contribution < -0.4 is 0 Å². The minimum atomic E-state index is -0.0952. The quantitative estimate of drug-likeness (QED) is 0.734. The van der Waals surface area contributed by atoms with Gasteiger partial charge in [-0.3, -0.25) is 9.78 Å². The first-order chi connectivity index (χ1) is 11.7. The highest BCUT2D eigenvalue weighted by Gasteiger charge is 2.34. The van der Waals surface area contributed by atoms with Gasteiger partial charge in [-0.2, -0.15) is 0 Å². The molecule has 1 aliphatic rings. The number of hydrogen-bond acceptors (Lipinski definition) is 5. The summed E-state index contributed by atoms with van der Waals surface area (Å²) < 4.78 is 1.83. The summed E-state index contributed by atoms with van der Waals surface area (Å²) in [5.41, 5.74) is 3.04. The zero-order chi connectivity index (χ0) is 16.5. The van der Waals surface area contributed by atoms with E-state index in [1.54, 1.807) is 11.1 Å². The van der Waals surface area contributed by atoms with E-state index < -0.39 is 0 Å². The van der Waals surface area contributed by atoms with Gasteiger partial charge in [0.25, 0.3) is 5.91 Å². The third-order valence-electron chi connectivity index (χ3n) is 4.10. The summed E-state index contributed by atoms with van der Waals surface area (Å²) in [6, 6.07) is 10.1. The fraction of sp³-hybridized carbons (Fsp3) is 0.235. The highest BCUT2D eigenvalue weighted by Crippen LogP contribution is 2.24. The van der Waals surface area contributed by atoms with Crippen molar-refractivity contribution in [2.75, 3.05) is 13.1 Å². The number of nitrogens with zero attached hydrogens (tertiary/aromatic N) is 6. The number of rotatable bonds is 3. The fourth-order valence-electron chi connectivity index (χ4n) is 2.65. The molecule has 7 nitrogen and oxygen atoms in total. The number of likely N-dealkylation sites (tertiary alicyclic amines) is 1. The number of benzene rings is 1. The van der Waals surface area contributed by atoms with Crippen molar-refractivity contribution in [3.05, 3.63) is 60.3 Å². The molecule has 3 aromatic rings. The number of aromatic nitrogens is 5. The van der Waals surface area contributed by atoms with Gasteiger partial charge in [0.1, 0.15) is 11.4 Å². The molecule has 24 heavy (non-hydrogen) atoms. The van der Waals surface area contributed by atoms with E-state index in [1.807, 2.05) is 48.1 Å². The van der Waals surface area contributed by atoms with Gasteiger partial charge in [0, 0.05) is 24.8 Å². The van der Waals surface area contributed by atoms with Crippen LogP contribution in [0.3, 0.4) is 0 Å². The number of hydrogen-bond donors (Lipinski definition) is 0. The molecule has 1 fully saturated rings. The van der Waals surface area contributed by atoms with Crippen LogP contribution in [0, 0.1) is 6.92 Å². The van der Waals surface area contributed by atoms with Gasteiger partial charge in [-0.1, -0.05) is 35.5 Å². The number of carbonyl (C=O) groups excluding carboxylic acids is 1. The number of carbonyl (C=O) groups is 1. The van der Waals surface area contributed by atoms with Crippen molar-refractivity contribution in [3.63, 3.8) is 0 Å². The SMILES string of the molecule is Cc1cnc(C(=O)N2CC(n3cc(-c4ccccc4)nn3)C2)cn1. The molecule has 0 saturated carbocycles. The molecule has 0 radical (unpaired) electrons. The van der Waals surface area contributed by atoms with Gasteiger partial charge in [0.15, 0.2) is 0 Å². The summed E-state index contributed by atoms with van der Waals surface area (Å²) in [5, 5.41) is 8.41. The average Bonchev–Trinajstić information content (AvgIpc) is 3.04. The Bertz CT molecular complexity index is 852. The fourth-order valence-corrected chi connectivity index (χ4v) is 2.65. The van der Waals surface area contributed by atoms with E-state index in [9.17, 15) is 4.79 Å². The van der Waals surface area contributed by atoms with E-state index in [1.165, 1.54) is 6.20 Å². The van der Waals surface area contributed by atoms with E-state index in [0.717, 1.165) is 17.0 Å². The van der Waals surface area contributed by atoms with Crippen molar-refractivity contribution in [2.24, 2.45) is 0 Å². The average molecular weight is 320 g/mol. The van der Waals surface area contributed by atoms with Gasteiger partial charge in [0.2, 0.25) is 0 Å². The topological polar surface area (TPSA) is 76.8 Å². The maximum absolute atomic E-state index is 12.3. The maximum atomic E-state index is 12.3. The lowest BCUT2D eigenvalue weighted by Crippen LogP contribution is -2.51. The van der Waals surface area contributed by atoms with Crippen LogP contribution in [-0.2, 0) is 0 Å². The first-order valence-electron chi connectivity index (χ1n) is 7.76. The molecular formula is C17H16N6O. The van der Waals surface area contributed by atoms with Crippen LogP contribution in [0.5, 0.6) is 0 Å². The molecule has 1 amide bonds. The molecule has 120 valence electrons. The van der Waals surface area contributed by atoms with Crippen LogP contribution in [0.2, 0.25) is 0 Å². The summed E-state index contributed by atoms with van der Waals surface area (Å²) in [5.74, 6) is -0.0952. The molecule has 0 bridgehead atoms. The largest absolute Gasteiger partial charge is 0.333 e. The molecule has 4 rings (SSSR count). The van der Waals surface area contributed by atoms with Crippen molar-refractivity contribution in [1.82, 2.24) is 29.9 Å². The molecule has 0 N–H and O–H groups in total. The lowest BCUT2D eigenvalue weighted by molar-refractivity contribution is 0.0492. The molecule has 0 spiro atoms. The van der Waals surface area contributed by atoms with Crippen molar-refractivity contribution in [2.45, 2.75) is 13.0 Å². The van der Waals surface area contributed by atoms with Crippen molar-refractivity contribution < 1.29 is 4.79 Å². The van der Waals surface area contributed by atoms with Crippen molar-refractivity contribution in [1.29, 1.82) is 0 Å². The van der Waals surface area contributed by atoms with Crippen LogP contribution in [-0.4, -0.2) is 48.9 Å².